The van der Waals surface area contributed by atoms with Crippen molar-refractivity contribution < 1.29 is 4.79 Å². The minimum atomic E-state index is 0.293. The Morgan fingerprint density at radius 2 is 1.81 bits per heavy atom. The van der Waals surface area contributed by atoms with Gasteiger partial charge in [0, 0.05) is 44.5 Å². The normalized spacial score (nSPS) is 22.3. The van der Waals surface area contributed by atoms with E-state index < -0.39 is 0 Å². The van der Waals surface area contributed by atoms with Gasteiger partial charge in [-0.3, -0.25) is 4.79 Å². The smallest absolute Gasteiger partial charge is 0.225 e. The van der Waals surface area contributed by atoms with E-state index in [2.05, 4.69) is 44.0 Å². The lowest BCUT2D eigenvalue weighted by molar-refractivity contribution is -0.135. The number of benzene rings is 1. The van der Waals surface area contributed by atoms with Crippen LogP contribution in [0.1, 0.15) is 31.2 Å². The molecule has 3 saturated heterocycles. The molecule has 2 aromatic rings. The highest BCUT2D eigenvalue weighted by molar-refractivity contribution is 5.77. The van der Waals surface area contributed by atoms with Gasteiger partial charge in [-0.15, -0.1) is 0 Å². The Labute approximate surface area is 155 Å². The lowest BCUT2D eigenvalue weighted by Crippen LogP contribution is -2.47. The second-order valence-electron chi connectivity index (χ2n) is 7.44. The number of carbonyl (C=O) groups is 1. The molecular weight excluding hydrogens is 324 g/mol. The van der Waals surface area contributed by atoms with E-state index in [0.717, 1.165) is 44.8 Å². The van der Waals surface area contributed by atoms with Crippen molar-refractivity contribution in [2.45, 2.75) is 38.1 Å². The summed E-state index contributed by atoms with van der Waals surface area (Å²) in [7, 11) is 0. The van der Waals surface area contributed by atoms with E-state index >= 15 is 0 Å². The fourth-order valence-corrected chi connectivity index (χ4v) is 4.24. The first kappa shape index (κ1) is 17.0. The van der Waals surface area contributed by atoms with Crippen LogP contribution >= 0.6 is 0 Å². The summed E-state index contributed by atoms with van der Waals surface area (Å²) in [5.74, 6) is 1.63. The van der Waals surface area contributed by atoms with Crippen molar-refractivity contribution in [3.05, 3.63) is 54.4 Å². The average Bonchev–Trinajstić information content (AvgIpc) is 3.01. The molecule has 2 atom stereocenters. The lowest BCUT2D eigenvalue weighted by atomic mass is 9.94. The molecule has 3 aliphatic heterocycles. The highest BCUT2D eigenvalue weighted by Crippen LogP contribution is 2.30. The maximum atomic E-state index is 12.9. The lowest BCUT2D eigenvalue weighted by Gasteiger charge is -2.36. The summed E-state index contributed by atoms with van der Waals surface area (Å²) in [6.45, 7) is 2.69. The Kier molecular flexibility index (Phi) is 5.14. The van der Waals surface area contributed by atoms with Crippen LogP contribution in [0.15, 0.2) is 48.8 Å². The van der Waals surface area contributed by atoms with E-state index in [0.29, 0.717) is 24.3 Å². The van der Waals surface area contributed by atoms with Crippen LogP contribution in [0.25, 0.3) is 0 Å². The zero-order valence-corrected chi connectivity index (χ0v) is 15.1. The summed E-state index contributed by atoms with van der Waals surface area (Å²) in [6.07, 6.45) is 8.41. The van der Waals surface area contributed by atoms with Crippen LogP contribution in [0.4, 0.5) is 5.95 Å². The molecule has 26 heavy (non-hydrogen) atoms. The Morgan fingerprint density at radius 3 is 2.62 bits per heavy atom. The number of carbonyl (C=O) groups excluding carboxylic acids is 1. The Hall–Kier alpha value is -2.43. The van der Waals surface area contributed by atoms with Crippen LogP contribution in [0.5, 0.6) is 0 Å². The van der Waals surface area contributed by atoms with Gasteiger partial charge in [-0.1, -0.05) is 30.3 Å². The molecule has 0 aliphatic carbocycles. The van der Waals surface area contributed by atoms with Crippen LogP contribution in [-0.4, -0.2) is 46.5 Å². The standard InChI is InChI=1S/C21H26N4O/c26-20(9-4-8-17-6-2-1-3-7-17)25-15-18-10-11-19(25)16-24(14-18)21-22-12-5-13-23-21/h1-3,5-7,12-13,18-19H,4,8-11,14-16H2/t18-,19+/m0/s1. The van der Waals surface area contributed by atoms with Gasteiger partial charge in [0.15, 0.2) is 0 Å². The van der Waals surface area contributed by atoms with Gasteiger partial charge in [0.25, 0.3) is 0 Å². The molecule has 5 rings (SSSR count). The van der Waals surface area contributed by atoms with Gasteiger partial charge in [-0.25, -0.2) is 9.97 Å². The Morgan fingerprint density at radius 1 is 1.00 bits per heavy atom. The second-order valence-corrected chi connectivity index (χ2v) is 7.44. The molecule has 2 bridgehead atoms. The van der Waals surface area contributed by atoms with Gasteiger partial charge >= 0.3 is 0 Å². The molecule has 0 N–H and O–H groups in total. The van der Waals surface area contributed by atoms with E-state index in [9.17, 15) is 4.79 Å². The minimum Gasteiger partial charge on any atom is -0.338 e. The Balaban J connectivity index is 1.36. The SMILES string of the molecule is O=C(CCCc1ccccc1)N1C[C@H]2CC[C@@H]1CN(c1ncccn1)C2. The van der Waals surface area contributed by atoms with Crippen LogP contribution < -0.4 is 4.90 Å². The summed E-state index contributed by atoms with van der Waals surface area (Å²) < 4.78 is 0. The van der Waals surface area contributed by atoms with Crippen LogP contribution in [0.3, 0.4) is 0 Å². The van der Waals surface area contributed by atoms with Crippen molar-refractivity contribution in [3.8, 4) is 0 Å². The van der Waals surface area contributed by atoms with E-state index in [1.54, 1.807) is 12.4 Å². The monoisotopic (exact) mass is 350 g/mol. The fourth-order valence-electron chi connectivity index (χ4n) is 4.24. The Bertz CT molecular complexity index is 721. The van der Waals surface area contributed by atoms with Crippen molar-refractivity contribution in [1.82, 2.24) is 14.9 Å². The number of aryl methyl sites for hydroxylation is 1. The van der Waals surface area contributed by atoms with Gasteiger partial charge in [-0.05, 0) is 43.2 Å². The highest BCUT2D eigenvalue weighted by Gasteiger charge is 2.37. The molecule has 5 heteroatoms. The molecule has 0 radical (unpaired) electrons. The van der Waals surface area contributed by atoms with Gasteiger partial charge < -0.3 is 9.80 Å². The zero-order chi connectivity index (χ0) is 17.8. The first-order chi connectivity index (χ1) is 12.8. The molecule has 1 aromatic heterocycles. The predicted octanol–water partition coefficient (Wildman–Crippen LogP) is 2.93. The second kappa shape index (κ2) is 7.85. The summed E-state index contributed by atoms with van der Waals surface area (Å²) in [4.78, 5) is 26.1. The van der Waals surface area contributed by atoms with Gasteiger partial charge in [0.05, 0.1) is 0 Å². The van der Waals surface area contributed by atoms with Crippen molar-refractivity contribution >= 4 is 11.9 Å². The topological polar surface area (TPSA) is 49.3 Å². The molecule has 5 nitrogen and oxygen atoms in total. The van der Waals surface area contributed by atoms with Crippen molar-refractivity contribution in [1.29, 1.82) is 0 Å². The van der Waals surface area contributed by atoms with Crippen LogP contribution in [-0.2, 0) is 11.2 Å². The van der Waals surface area contributed by atoms with Gasteiger partial charge in [-0.2, -0.15) is 0 Å². The maximum absolute atomic E-state index is 12.9. The summed E-state index contributed by atoms with van der Waals surface area (Å²) >= 11 is 0. The number of rotatable bonds is 5. The van der Waals surface area contributed by atoms with Crippen LogP contribution in [0.2, 0.25) is 0 Å². The third-order valence-electron chi connectivity index (χ3n) is 5.57. The highest BCUT2D eigenvalue weighted by atomic mass is 16.2. The quantitative estimate of drug-likeness (QED) is 0.832. The molecule has 3 fully saturated rings. The van der Waals surface area contributed by atoms with E-state index in [4.69, 9.17) is 0 Å². The summed E-state index contributed by atoms with van der Waals surface area (Å²) in [5.41, 5.74) is 1.31. The summed E-state index contributed by atoms with van der Waals surface area (Å²) in [5, 5.41) is 0. The number of anilines is 1. The van der Waals surface area contributed by atoms with E-state index in [1.807, 2.05) is 12.1 Å². The van der Waals surface area contributed by atoms with Gasteiger partial charge in [0.1, 0.15) is 0 Å². The maximum Gasteiger partial charge on any atom is 0.225 e. The number of fused-ring (bicyclic) bond motifs is 4. The molecule has 1 amide bonds. The third kappa shape index (κ3) is 3.87. The molecule has 1 aromatic carbocycles. The molecule has 136 valence electrons. The largest absolute Gasteiger partial charge is 0.338 e. The molecule has 0 saturated carbocycles. The fraction of sp³-hybridized carbons (Fsp3) is 0.476. The number of aromatic nitrogens is 2. The van der Waals surface area contributed by atoms with E-state index in [-0.39, 0.29) is 0 Å². The number of hydrogen-bond acceptors (Lipinski definition) is 4. The molecular formula is C21H26N4O. The number of piperidine rings is 1. The number of amides is 1. The predicted molar refractivity (Wildman–Crippen MR) is 102 cm³/mol. The number of nitrogens with zero attached hydrogens (tertiary/aromatic N) is 4. The van der Waals surface area contributed by atoms with Crippen molar-refractivity contribution in [2.24, 2.45) is 5.92 Å². The van der Waals surface area contributed by atoms with E-state index in [1.165, 1.54) is 12.0 Å². The molecule has 0 unspecified atom stereocenters. The minimum absolute atomic E-state index is 0.293. The molecule has 3 aliphatic rings. The number of hydrogen-bond donors (Lipinski definition) is 0. The van der Waals surface area contributed by atoms with Gasteiger partial charge in [0.2, 0.25) is 11.9 Å². The molecule has 0 spiro atoms. The first-order valence-electron chi connectivity index (χ1n) is 9.65. The average molecular weight is 350 g/mol. The third-order valence-corrected chi connectivity index (χ3v) is 5.57. The van der Waals surface area contributed by atoms with Crippen molar-refractivity contribution in [2.75, 3.05) is 24.5 Å². The zero-order valence-electron chi connectivity index (χ0n) is 15.1. The summed E-state index contributed by atoms with van der Waals surface area (Å²) in [6, 6.07) is 12.6. The molecule has 4 heterocycles. The van der Waals surface area contributed by atoms with Crippen molar-refractivity contribution in [3.63, 3.8) is 0 Å². The first-order valence-corrected chi connectivity index (χ1v) is 9.65. The van der Waals surface area contributed by atoms with Crippen LogP contribution in [0, 0.1) is 5.92 Å².